The lowest BCUT2D eigenvalue weighted by atomic mass is 10.0. The largest absolute Gasteiger partial charge is 0.368 e. The summed E-state index contributed by atoms with van der Waals surface area (Å²) in [5, 5.41) is 0. The highest BCUT2D eigenvalue weighted by Crippen LogP contribution is 2.28. The van der Waals surface area contributed by atoms with E-state index in [4.69, 9.17) is 0 Å². The van der Waals surface area contributed by atoms with Crippen LogP contribution in [0.1, 0.15) is 15.9 Å². The average molecular weight is 221 g/mol. The summed E-state index contributed by atoms with van der Waals surface area (Å²) in [6.45, 7) is 1.37. The van der Waals surface area contributed by atoms with Crippen LogP contribution in [0.2, 0.25) is 0 Å². The molecule has 0 aromatic carbocycles. The van der Waals surface area contributed by atoms with Crippen molar-refractivity contribution in [2.75, 3.05) is 0 Å². The number of ketones is 1. The molecule has 1 aromatic heterocycles. The van der Waals surface area contributed by atoms with Gasteiger partial charge in [-0.15, -0.1) is 0 Å². The highest BCUT2D eigenvalue weighted by molar-refractivity contribution is 6.02. The number of halogens is 4. The number of aryl methyl sites for hydroxylation is 1. The maximum absolute atomic E-state index is 12.7. The van der Waals surface area contributed by atoms with Gasteiger partial charge in [0.2, 0.25) is 5.78 Å². The summed E-state index contributed by atoms with van der Waals surface area (Å²) in [6, 6.07) is 1.30. The smallest absolute Gasteiger partial charge is 0.287 e. The molecule has 15 heavy (non-hydrogen) atoms. The molecule has 0 radical (unpaired) electrons. The summed E-state index contributed by atoms with van der Waals surface area (Å²) in [5.41, 5.74) is -0.293. The van der Waals surface area contributed by atoms with Crippen molar-refractivity contribution in [2.24, 2.45) is 0 Å². The molecule has 2 nitrogen and oxygen atoms in total. The van der Waals surface area contributed by atoms with Crippen LogP contribution in [0.25, 0.3) is 0 Å². The van der Waals surface area contributed by atoms with Gasteiger partial charge in [-0.1, -0.05) is 0 Å². The Hall–Kier alpha value is -1.46. The second-order valence-corrected chi connectivity index (χ2v) is 2.94. The van der Waals surface area contributed by atoms with Crippen LogP contribution >= 0.6 is 0 Å². The molecule has 0 fully saturated rings. The Morgan fingerprint density at radius 1 is 1.47 bits per heavy atom. The number of alkyl halides is 4. The van der Waals surface area contributed by atoms with Gasteiger partial charge in [0.25, 0.3) is 0 Å². The van der Waals surface area contributed by atoms with E-state index < -0.39 is 23.7 Å². The van der Waals surface area contributed by atoms with Crippen molar-refractivity contribution >= 4 is 5.78 Å². The predicted molar refractivity (Wildman–Crippen MR) is 44.3 cm³/mol. The number of pyridine rings is 1. The number of hydrogen-bond acceptors (Lipinski definition) is 2. The Bertz CT molecular complexity index is 378. The van der Waals surface area contributed by atoms with E-state index in [1.54, 1.807) is 0 Å². The lowest BCUT2D eigenvalue weighted by Crippen LogP contribution is -2.36. The summed E-state index contributed by atoms with van der Waals surface area (Å²) in [5.74, 6) is -6.56. The van der Waals surface area contributed by atoms with E-state index in [1.807, 2.05) is 0 Å². The zero-order chi connectivity index (χ0) is 11.6. The number of rotatable bonds is 3. The third-order valence-corrected chi connectivity index (χ3v) is 1.86. The molecule has 0 saturated carbocycles. The van der Waals surface area contributed by atoms with Crippen LogP contribution in [0, 0.1) is 6.92 Å². The fourth-order valence-electron chi connectivity index (χ4n) is 0.980. The van der Waals surface area contributed by atoms with Gasteiger partial charge in [-0.2, -0.15) is 8.78 Å². The molecular formula is C9H7F4NO. The molecule has 0 atom stereocenters. The quantitative estimate of drug-likeness (QED) is 0.579. The van der Waals surface area contributed by atoms with Crippen molar-refractivity contribution in [3.8, 4) is 0 Å². The van der Waals surface area contributed by atoms with E-state index in [1.165, 1.54) is 19.2 Å². The van der Waals surface area contributed by atoms with Gasteiger partial charge in [-0.3, -0.25) is 9.78 Å². The van der Waals surface area contributed by atoms with Crippen LogP contribution in [0.3, 0.4) is 0 Å². The topological polar surface area (TPSA) is 30.0 Å². The number of carbonyl (C=O) groups excluding carboxylic acids is 1. The van der Waals surface area contributed by atoms with Crippen LogP contribution in [-0.4, -0.2) is 23.1 Å². The van der Waals surface area contributed by atoms with Crippen molar-refractivity contribution in [1.29, 1.82) is 0 Å². The number of carbonyl (C=O) groups is 1. The first kappa shape index (κ1) is 11.6. The van der Waals surface area contributed by atoms with E-state index in [2.05, 4.69) is 4.98 Å². The first-order valence-electron chi connectivity index (χ1n) is 3.98. The first-order chi connectivity index (χ1) is 6.87. The predicted octanol–water partition coefficient (Wildman–Crippen LogP) is 2.47. The summed E-state index contributed by atoms with van der Waals surface area (Å²) in [7, 11) is 0. The zero-order valence-electron chi connectivity index (χ0n) is 7.68. The minimum atomic E-state index is -4.66. The van der Waals surface area contributed by atoms with Crippen molar-refractivity contribution < 1.29 is 22.4 Å². The van der Waals surface area contributed by atoms with Crippen molar-refractivity contribution in [1.82, 2.24) is 4.98 Å². The Morgan fingerprint density at radius 2 is 2.07 bits per heavy atom. The lowest BCUT2D eigenvalue weighted by Gasteiger charge is -2.14. The molecule has 0 aliphatic carbocycles. The molecule has 82 valence electrons. The summed E-state index contributed by atoms with van der Waals surface area (Å²) in [6.07, 6.45) is -1.87. The molecule has 6 heteroatoms. The second-order valence-electron chi connectivity index (χ2n) is 2.94. The highest BCUT2D eigenvalue weighted by Gasteiger charge is 2.49. The van der Waals surface area contributed by atoms with E-state index in [0.29, 0.717) is 0 Å². The van der Waals surface area contributed by atoms with Gasteiger partial charge in [0.15, 0.2) is 0 Å². The van der Waals surface area contributed by atoms with Gasteiger partial charge in [0.1, 0.15) is 0 Å². The molecular weight excluding hydrogens is 214 g/mol. The van der Waals surface area contributed by atoms with Gasteiger partial charge in [0, 0.05) is 18.0 Å². The Kier molecular flexibility index (Phi) is 3.06. The standard InChI is InChI=1S/C9H7F4NO/c1-5-2-3-14-4-6(5)7(15)9(12,13)8(10)11/h2-4,8H,1H3. The van der Waals surface area contributed by atoms with Crippen LogP contribution in [0.4, 0.5) is 17.6 Å². The van der Waals surface area contributed by atoms with E-state index in [-0.39, 0.29) is 5.56 Å². The normalized spacial score (nSPS) is 11.9. The summed E-state index contributed by atoms with van der Waals surface area (Å²) >= 11 is 0. The molecule has 0 amide bonds. The highest BCUT2D eigenvalue weighted by atomic mass is 19.3. The Labute approximate surface area is 82.9 Å². The van der Waals surface area contributed by atoms with Gasteiger partial charge in [-0.05, 0) is 18.6 Å². The fraction of sp³-hybridized carbons (Fsp3) is 0.333. The zero-order valence-corrected chi connectivity index (χ0v) is 7.68. The molecule has 0 aliphatic rings. The van der Waals surface area contributed by atoms with Gasteiger partial charge in [0.05, 0.1) is 0 Å². The molecule has 1 aromatic rings. The minimum Gasteiger partial charge on any atom is -0.287 e. The number of nitrogens with zero attached hydrogens (tertiary/aromatic N) is 1. The Morgan fingerprint density at radius 3 is 2.53 bits per heavy atom. The number of aromatic nitrogens is 1. The summed E-state index contributed by atoms with van der Waals surface area (Å²) in [4.78, 5) is 14.5. The molecule has 0 unspecified atom stereocenters. The molecule has 0 bridgehead atoms. The fourth-order valence-corrected chi connectivity index (χ4v) is 0.980. The van der Waals surface area contributed by atoms with E-state index in [0.717, 1.165) is 6.20 Å². The second kappa shape index (κ2) is 3.96. The molecule has 0 aliphatic heterocycles. The number of hydrogen-bond donors (Lipinski definition) is 0. The number of Topliss-reactive ketones (excluding diaryl/α,β-unsaturated/α-hetero) is 1. The van der Waals surface area contributed by atoms with Crippen molar-refractivity contribution in [2.45, 2.75) is 19.3 Å². The van der Waals surface area contributed by atoms with Gasteiger partial charge >= 0.3 is 12.3 Å². The van der Waals surface area contributed by atoms with Crippen molar-refractivity contribution in [3.05, 3.63) is 29.6 Å². The average Bonchev–Trinajstić information content (AvgIpc) is 2.17. The van der Waals surface area contributed by atoms with Gasteiger partial charge in [-0.25, -0.2) is 8.78 Å². The lowest BCUT2D eigenvalue weighted by molar-refractivity contribution is -0.0958. The van der Waals surface area contributed by atoms with Crippen LogP contribution in [0.15, 0.2) is 18.5 Å². The van der Waals surface area contributed by atoms with E-state index >= 15 is 0 Å². The maximum atomic E-state index is 12.7. The summed E-state index contributed by atoms with van der Waals surface area (Å²) < 4.78 is 49.1. The van der Waals surface area contributed by atoms with Crippen LogP contribution < -0.4 is 0 Å². The van der Waals surface area contributed by atoms with Crippen molar-refractivity contribution in [3.63, 3.8) is 0 Å². The third-order valence-electron chi connectivity index (χ3n) is 1.86. The molecule has 1 rings (SSSR count). The first-order valence-corrected chi connectivity index (χ1v) is 3.98. The van der Waals surface area contributed by atoms with E-state index in [9.17, 15) is 22.4 Å². The van der Waals surface area contributed by atoms with Crippen LogP contribution in [0.5, 0.6) is 0 Å². The molecule has 0 N–H and O–H groups in total. The third kappa shape index (κ3) is 2.14. The van der Waals surface area contributed by atoms with Gasteiger partial charge < -0.3 is 0 Å². The molecule has 0 spiro atoms. The molecule has 0 saturated heterocycles. The van der Waals surface area contributed by atoms with Crippen LogP contribution in [-0.2, 0) is 0 Å². The maximum Gasteiger partial charge on any atom is 0.368 e. The SMILES string of the molecule is Cc1ccncc1C(=O)C(F)(F)C(F)F. The monoisotopic (exact) mass is 221 g/mol. The Balaban J connectivity index is 3.11. The minimum absolute atomic E-state index is 0.190. The molecule has 1 heterocycles.